The number of benzene rings is 2. The van der Waals surface area contributed by atoms with Gasteiger partial charge in [0.15, 0.2) is 0 Å². The van der Waals surface area contributed by atoms with Gasteiger partial charge in [0.05, 0.1) is 14.2 Å². The van der Waals surface area contributed by atoms with E-state index in [1.165, 1.54) is 0 Å². The van der Waals surface area contributed by atoms with Crippen LogP contribution in [0.2, 0.25) is 0 Å². The monoisotopic (exact) mass is 344 g/mol. The van der Waals surface area contributed by atoms with E-state index in [9.17, 15) is 9.90 Å². The van der Waals surface area contributed by atoms with Crippen molar-refractivity contribution in [2.24, 2.45) is 0 Å². The first-order chi connectivity index (χ1) is 12.1. The first-order valence-corrected chi connectivity index (χ1v) is 8.01. The molecule has 2 rings (SSSR count). The summed E-state index contributed by atoms with van der Waals surface area (Å²) in [4.78, 5) is 11.7. The van der Waals surface area contributed by atoms with Crippen molar-refractivity contribution in [2.45, 2.75) is 19.0 Å². The second kappa shape index (κ2) is 8.94. The van der Waals surface area contributed by atoms with Gasteiger partial charge in [-0.25, -0.2) is 4.79 Å². The molecule has 0 amide bonds. The average Bonchev–Trinajstić information content (AvgIpc) is 2.62. The highest BCUT2D eigenvalue weighted by atomic mass is 16.5. The van der Waals surface area contributed by atoms with Crippen LogP contribution in [0.15, 0.2) is 42.5 Å². The Morgan fingerprint density at radius 2 is 1.68 bits per heavy atom. The van der Waals surface area contributed by atoms with Gasteiger partial charge < -0.3 is 25.2 Å². The van der Waals surface area contributed by atoms with Crippen LogP contribution < -0.4 is 20.1 Å². The van der Waals surface area contributed by atoms with Crippen molar-refractivity contribution in [3.63, 3.8) is 0 Å². The molecule has 2 aromatic rings. The number of hydrogen-bond donors (Lipinski definition) is 3. The molecule has 0 spiro atoms. The van der Waals surface area contributed by atoms with E-state index in [0.717, 1.165) is 11.1 Å². The average molecular weight is 344 g/mol. The van der Waals surface area contributed by atoms with Gasteiger partial charge >= 0.3 is 5.97 Å². The lowest BCUT2D eigenvalue weighted by atomic mass is 10.0. The Hall–Kier alpha value is -2.73. The summed E-state index contributed by atoms with van der Waals surface area (Å²) in [6.07, 6.45) is 0.348. The molecule has 1 atom stereocenters. The van der Waals surface area contributed by atoms with Crippen molar-refractivity contribution in [1.29, 1.82) is 0 Å². The van der Waals surface area contributed by atoms with E-state index in [1.54, 1.807) is 14.2 Å². The first kappa shape index (κ1) is 18.6. The molecule has 0 aliphatic heterocycles. The molecular weight excluding hydrogens is 320 g/mol. The third kappa shape index (κ3) is 4.87. The Balaban J connectivity index is 2.32. The van der Waals surface area contributed by atoms with Crippen LogP contribution in [0.4, 0.5) is 5.69 Å². The van der Waals surface area contributed by atoms with Crippen molar-refractivity contribution in [2.75, 3.05) is 26.6 Å². The molecule has 0 unspecified atom stereocenters. The van der Waals surface area contributed by atoms with Crippen LogP contribution >= 0.6 is 0 Å². The Labute approximate surface area is 147 Å². The third-order valence-corrected chi connectivity index (χ3v) is 3.85. The largest absolute Gasteiger partial charge is 0.494 e. The predicted octanol–water partition coefficient (Wildman–Crippen LogP) is 2.53. The molecule has 6 heteroatoms. The van der Waals surface area contributed by atoms with Gasteiger partial charge in [-0.2, -0.15) is 0 Å². The molecular formula is C19H24N2O4. The van der Waals surface area contributed by atoms with Crippen LogP contribution in [-0.4, -0.2) is 38.4 Å². The minimum absolute atomic E-state index is 0.348. The minimum atomic E-state index is -0.938. The maximum atomic E-state index is 11.7. The molecule has 0 fully saturated rings. The molecule has 2 aromatic carbocycles. The number of carbonyl (C=O) groups is 1. The van der Waals surface area contributed by atoms with Crippen LogP contribution in [0.25, 0.3) is 0 Å². The maximum Gasteiger partial charge on any atom is 0.326 e. The van der Waals surface area contributed by atoms with E-state index in [4.69, 9.17) is 9.47 Å². The fourth-order valence-electron chi connectivity index (χ4n) is 2.64. The first-order valence-electron chi connectivity index (χ1n) is 8.01. The molecule has 25 heavy (non-hydrogen) atoms. The summed E-state index contributed by atoms with van der Waals surface area (Å²) >= 11 is 0. The number of nitrogens with one attached hydrogen (secondary N) is 2. The zero-order valence-electron chi connectivity index (χ0n) is 14.7. The highest BCUT2D eigenvalue weighted by molar-refractivity contribution is 5.80. The highest BCUT2D eigenvalue weighted by Crippen LogP contribution is 2.37. The van der Waals surface area contributed by atoms with Crippen molar-refractivity contribution in [1.82, 2.24) is 5.32 Å². The molecule has 0 heterocycles. The number of methoxy groups -OCH3 is 2. The van der Waals surface area contributed by atoms with E-state index in [-0.39, 0.29) is 0 Å². The molecule has 0 aliphatic rings. The zero-order valence-corrected chi connectivity index (χ0v) is 14.7. The molecule has 0 aliphatic carbocycles. The Kier molecular flexibility index (Phi) is 6.65. The van der Waals surface area contributed by atoms with Crippen LogP contribution in [0.1, 0.15) is 11.1 Å². The predicted molar refractivity (Wildman–Crippen MR) is 97.5 cm³/mol. The van der Waals surface area contributed by atoms with Gasteiger partial charge in [-0.1, -0.05) is 30.3 Å². The molecule has 3 N–H and O–H groups in total. The van der Waals surface area contributed by atoms with Crippen molar-refractivity contribution < 1.29 is 19.4 Å². The second-order valence-electron chi connectivity index (χ2n) is 5.63. The number of ether oxygens (including phenoxy) is 2. The number of carboxylic acid groups (broad SMARTS) is 1. The fourth-order valence-corrected chi connectivity index (χ4v) is 2.64. The summed E-state index contributed by atoms with van der Waals surface area (Å²) in [5.41, 5.74) is 2.46. The lowest BCUT2D eigenvalue weighted by Crippen LogP contribution is -2.32. The number of anilines is 1. The smallest absolute Gasteiger partial charge is 0.326 e. The Morgan fingerprint density at radius 3 is 2.16 bits per heavy atom. The summed E-state index contributed by atoms with van der Waals surface area (Å²) in [5.74, 6) is 0.153. The molecule has 0 bridgehead atoms. The molecule has 6 nitrogen and oxygen atoms in total. The summed E-state index contributed by atoms with van der Waals surface area (Å²) in [7, 11) is 4.96. The van der Waals surface area contributed by atoms with Crippen molar-refractivity contribution >= 4 is 11.7 Å². The fraction of sp³-hybridized carbons (Fsp3) is 0.316. The Bertz CT molecular complexity index is 679. The minimum Gasteiger partial charge on any atom is -0.494 e. The molecule has 0 saturated carbocycles. The summed E-state index contributed by atoms with van der Waals surface area (Å²) < 4.78 is 10.9. The van der Waals surface area contributed by atoms with Gasteiger partial charge in [-0.05, 0) is 30.3 Å². The van der Waals surface area contributed by atoms with Gasteiger partial charge in [0.1, 0.15) is 23.2 Å². The van der Waals surface area contributed by atoms with Crippen LogP contribution in [-0.2, 0) is 17.8 Å². The lowest BCUT2D eigenvalue weighted by Gasteiger charge is -2.21. The van der Waals surface area contributed by atoms with Crippen LogP contribution in [0.3, 0.4) is 0 Å². The number of rotatable bonds is 9. The number of hydrogen-bond acceptors (Lipinski definition) is 5. The SMILES string of the molecule is CNCc1cc(OC)c(N[C@@H](Cc2ccccc2)C(=O)O)c(OC)c1. The number of aliphatic carboxylic acids is 1. The van der Waals surface area contributed by atoms with Gasteiger partial charge in [-0.15, -0.1) is 0 Å². The van der Waals surface area contributed by atoms with E-state index >= 15 is 0 Å². The zero-order chi connectivity index (χ0) is 18.2. The maximum absolute atomic E-state index is 11.7. The van der Waals surface area contributed by atoms with E-state index in [0.29, 0.717) is 30.2 Å². The van der Waals surface area contributed by atoms with Crippen LogP contribution in [0, 0.1) is 0 Å². The molecule has 0 aromatic heterocycles. The summed E-state index contributed by atoms with van der Waals surface area (Å²) in [5, 5.41) is 15.7. The van der Waals surface area contributed by atoms with E-state index < -0.39 is 12.0 Å². The van der Waals surface area contributed by atoms with Crippen LogP contribution in [0.5, 0.6) is 11.5 Å². The second-order valence-corrected chi connectivity index (χ2v) is 5.63. The van der Waals surface area contributed by atoms with Gasteiger partial charge in [0.25, 0.3) is 0 Å². The lowest BCUT2D eigenvalue weighted by molar-refractivity contribution is -0.137. The molecule has 134 valence electrons. The van der Waals surface area contributed by atoms with Gasteiger partial charge in [0, 0.05) is 13.0 Å². The van der Waals surface area contributed by atoms with Crippen molar-refractivity contribution in [3.8, 4) is 11.5 Å². The summed E-state index contributed by atoms with van der Waals surface area (Å²) in [6, 6.07) is 12.4. The quantitative estimate of drug-likeness (QED) is 0.649. The molecule has 0 saturated heterocycles. The number of carboxylic acids is 1. The van der Waals surface area contributed by atoms with Gasteiger partial charge in [0.2, 0.25) is 0 Å². The van der Waals surface area contributed by atoms with Crippen molar-refractivity contribution in [3.05, 3.63) is 53.6 Å². The highest BCUT2D eigenvalue weighted by Gasteiger charge is 2.22. The Morgan fingerprint density at radius 1 is 1.08 bits per heavy atom. The summed E-state index contributed by atoms with van der Waals surface area (Å²) in [6.45, 7) is 0.652. The normalized spacial score (nSPS) is 11.6. The van der Waals surface area contributed by atoms with E-state index in [1.807, 2.05) is 49.5 Å². The molecule has 0 radical (unpaired) electrons. The topological polar surface area (TPSA) is 79.8 Å². The van der Waals surface area contributed by atoms with Gasteiger partial charge in [-0.3, -0.25) is 0 Å². The standard InChI is InChI=1S/C19H24N2O4/c1-20-12-14-10-16(24-2)18(17(11-14)25-3)21-15(19(22)23)9-13-7-5-4-6-8-13/h4-8,10-11,15,20-21H,9,12H2,1-3H3,(H,22,23)/t15-/m0/s1. The van der Waals surface area contributed by atoms with E-state index in [2.05, 4.69) is 10.6 Å². The third-order valence-electron chi connectivity index (χ3n) is 3.85.